The van der Waals surface area contributed by atoms with Gasteiger partial charge in [0.2, 0.25) is 0 Å². The first kappa shape index (κ1) is 20.0. The van der Waals surface area contributed by atoms with E-state index < -0.39 is 5.97 Å². The first-order valence-corrected chi connectivity index (χ1v) is 8.50. The summed E-state index contributed by atoms with van der Waals surface area (Å²) in [7, 11) is 3.10. The molecule has 142 valence electrons. The van der Waals surface area contributed by atoms with E-state index in [1.807, 2.05) is 37.3 Å². The first-order chi connectivity index (χ1) is 13.1. The molecule has 0 aliphatic rings. The molecule has 27 heavy (non-hydrogen) atoms. The number of hydrogen-bond donors (Lipinski definition) is 0. The maximum Gasteiger partial charge on any atom is 0.331 e. The number of anilines is 1. The minimum absolute atomic E-state index is 0.284. The van der Waals surface area contributed by atoms with Crippen LogP contribution in [0, 0.1) is 0 Å². The van der Waals surface area contributed by atoms with E-state index in [4.69, 9.17) is 14.2 Å². The maximum absolute atomic E-state index is 12.3. The molecular weight excluding hydrogens is 346 g/mol. The van der Waals surface area contributed by atoms with Gasteiger partial charge < -0.3 is 19.1 Å². The Morgan fingerprint density at radius 2 is 1.63 bits per heavy atom. The van der Waals surface area contributed by atoms with Crippen molar-refractivity contribution in [3.8, 4) is 11.5 Å². The van der Waals surface area contributed by atoms with E-state index in [0.29, 0.717) is 23.6 Å². The Labute approximate surface area is 159 Å². The molecule has 0 saturated carbocycles. The molecule has 0 atom stereocenters. The number of hydrogen-bond acceptors (Lipinski definition) is 5. The van der Waals surface area contributed by atoms with Crippen LogP contribution in [-0.4, -0.2) is 39.2 Å². The molecule has 2 rings (SSSR count). The van der Waals surface area contributed by atoms with Gasteiger partial charge in [-0.25, -0.2) is 4.79 Å². The molecule has 0 heterocycles. The summed E-state index contributed by atoms with van der Waals surface area (Å²) in [6, 6.07) is 14.5. The summed E-state index contributed by atoms with van der Waals surface area (Å²) in [5, 5.41) is 0. The summed E-state index contributed by atoms with van der Waals surface area (Å²) in [6.45, 7) is 2.02. The van der Waals surface area contributed by atoms with E-state index in [1.165, 1.54) is 6.08 Å². The minimum Gasteiger partial charge on any atom is -0.497 e. The monoisotopic (exact) mass is 369 g/mol. The van der Waals surface area contributed by atoms with Crippen LogP contribution in [-0.2, 0) is 14.3 Å². The zero-order valence-corrected chi connectivity index (χ0v) is 15.7. The molecule has 6 nitrogen and oxygen atoms in total. The zero-order chi connectivity index (χ0) is 19.6. The molecule has 0 spiro atoms. The van der Waals surface area contributed by atoms with Crippen molar-refractivity contribution in [2.45, 2.75) is 6.92 Å². The molecule has 2 aromatic rings. The number of carbonyl (C=O) groups excluding carboxylic acids is 2. The van der Waals surface area contributed by atoms with E-state index in [0.717, 1.165) is 5.69 Å². The summed E-state index contributed by atoms with van der Waals surface area (Å²) in [4.78, 5) is 25.8. The Morgan fingerprint density at radius 3 is 2.19 bits per heavy atom. The lowest BCUT2D eigenvalue weighted by Gasteiger charge is -2.20. The van der Waals surface area contributed by atoms with Gasteiger partial charge in [-0.15, -0.1) is 0 Å². The van der Waals surface area contributed by atoms with Crippen LogP contribution < -0.4 is 14.4 Å². The molecule has 0 unspecified atom stereocenters. The molecule has 0 radical (unpaired) electrons. The fourth-order valence-electron chi connectivity index (χ4n) is 2.46. The normalized spacial score (nSPS) is 10.5. The Hall–Kier alpha value is -3.28. The van der Waals surface area contributed by atoms with Crippen LogP contribution in [0.3, 0.4) is 0 Å². The Kier molecular flexibility index (Phi) is 7.43. The van der Waals surface area contributed by atoms with E-state index in [-0.39, 0.29) is 12.5 Å². The second-order valence-electron chi connectivity index (χ2n) is 5.56. The Bertz CT molecular complexity index is 779. The lowest BCUT2D eigenvalue weighted by molar-refractivity contribution is -0.142. The van der Waals surface area contributed by atoms with Gasteiger partial charge in [-0.1, -0.05) is 18.2 Å². The van der Waals surface area contributed by atoms with Crippen LogP contribution in [0.25, 0.3) is 6.08 Å². The lowest BCUT2D eigenvalue weighted by atomic mass is 10.2. The highest BCUT2D eigenvalue weighted by atomic mass is 16.5. The van der Waals surface area contributed by atoms with Crippen molar-refractivity contribution in [3.05, 3.63) is 60.2 Å². The van der Waals surface area contributed by atoms with Crippen LogP contribution in [0.4, 0.5) is 5.69 Å². The minimum atomic E-state index is -0.603. The van der Waals surface area contributed by atoms with Crippen molar-refractivity contribution >= 4 is 23.6 Å². The standard InChI is InChI=1S/C21H23NO5/c1-4-22(17-8-6-5-7-9-17)20(23)15-27-21(24)11-10-16-12-18(25-2)14-19(13-16)26-3/h5-14H,4,15H2,1-3H3/b11-10+. The average molecular weight is 369 g/mol. The highest BCUT2D eigenvalue weighted by Crippen LogP contribution is 2.23. The van der Waals surface area contributed by atoms with E-state index in [2.05, 4.69) is 0 Å². The van der Waals surface area contributed by atoms with Gasteiger partial charge in [0.25, 0.3) is 5.91 Å². The maximum atomic E-state index is 12.3. The van der Waals surface area contributed by atoms with E-state index in [1.54, 1.807) is 43.4 Å². The number of carbonyl (C=O) groups is 2. The summed E-state index contributed by atoms with van der Waals surface area (Å²) >= 11 is 0. The number of benzene rings is 2. The Morgan fingerprint density at radius 1 is 1.00 bits per heavy atom. The second kappa shape index (κ2) is 10.0. The van der Waals surface area contributed by atoms with Crippen molar-refractivity contribution in [3.63, 3.8) is 0 Å². The molecule has 0 bridgehead atoms. The van der Waals surface area contributed by atoms with Crippen LogP contribution in [0.2, 0.25) is 0 Å². The molecule has 6 heteroatoms. The van der Waals surface area contributed by atoms with Crippen LogP contribution in [0.15, 0.2) is 54.6 Å². The van der Waals surface area contributed by atoms with Crippen molar-refractivity contribution < 1.29 is 23.8 Å². The fraction of sp³-hybridized carbons (Fsp3) is 0.238. The van der Waals surface area contributed by atoms with E-state index in [9.17, 15) is 9.59 Å². The summed E-state index contributed by atoms with van der Waals surface area (Å²) in [5.74, 6) is 0.334. The van der Waals surface area contributed by atoms with Gasteiger partial charge >= 0.3 is 5.97 Å². The van der Waals surface area contributed by atoms with E-state index >= 15 is 0 Å². The van der Waals surface area contributed by atoms with Crippen molar-refractivity contribution in [2.75, 3.05) is 32.3 Å². The number of nitrogens with zero attached hydrogens (tertiary/aromatic N) is 1. The van der Waals surface area contributed by atoms with Crippen LogP contribution in [0.1, 0.15) is 12.5 Å². The Balaban J connectivity index is 1.95. The summed E-state index contributed by atoms with van der Waals surface area (Å²) < 4.78 is 15.4. The molecule has 0 aromatic heterocycles. The molecule has 0 aliphatic carbocycles. The fourth-order valence-corrected chi connectivity index (χ4v) is 2.46. The van der Waals surface area contributed by atoms with Gasteiger partial charge in [-0.3, -0.25) is 4.79 Å². The number of esters is 1. The third-order valence-corrected chi connectivity index (χ3v) is 3.81. The number of rotatable bonds is 8. The van der Waals surface area contributed by atoms with Crippen molar-refractivity contribution in [1.82, 2.24) is 0 Å². The molecule has 0 saturated heterocycles. The second-order valence-corrected chi connectivity index (χ2v) is 5.56. The SMILES string of the molecule is CCN(C(=O)COC(=O)/C=C/c1cc(OC)cc(OC)c1)c1ccccc1. The number of methoxy groups -OCH3 is 2. The molecule has 0 aliphatic heterocycles. The quantitative estimate of drug-likeness (QED) is 0.528. The highest BCUT2D eigenvalue weighted by molar-refractivity contribution is 5.96. The summed E-state index contributed by atoms with van der Waals surface area (Å²) in [6.07, 6.45) is 2.84. The predicted octanol–water partition coefficient (Wildman–Crippen LogP) is 3.31. The topological polar surface area (TPSA) is 65.1 Å². The van der Waals surface area contributed by atoms with Gasteiger partial charge in [0.05, 0.1) is 14.2 Å². The molecule has 0 fully saturated rings. The molecule has 1 amide bonds. The average Bonchev–Trinajstić information content (AvgIpc) is 2.71. The highest BCUT2D eigenvalue weighted by Gasteiger charge is 2.15. The molecular formula is C21H23NO5. The van der Waals surface area contributed by atoms with Crippen LogP contribution in [0.5, 0.6) is 11.5 Å². The first-order valence-electron chi connectivity index (χ1n) is 8.50. The van der Waals surface area contributed by atoms with Gasteiger partial charge in [0, 0.05) is 24.4 Å². The number of ether oxygens (including phenoxy) is 3. The third-order valence-electron chi connectivity index (χ3n) is 3.81. The predicted molar refractivity (Wildman–Crippen MR) is 104 cm³/mol. The van der Waals surface area contributed by atoms with Crippen molar-refractivity contribution in [1.29, 1.82) is 0 Å². The van der Waals surface area contributed by atoms with Gasteiger partial charge in [0.1, 0.15) is 11.5 Å². The van der Waals surface area contributed by atoms with Crippen molar-refractivity contribution in [2.24, 2.45) is 0 Å². The number of para-hydroxylation sites is 1. The summed E-state index contributed by atoms with van der Waals surface area (Å²) in [5.41, 5.74) is 1.48. The smallest absolute Gasteiger partial charge is 0.331 e. The van der Waals surface area contributed by atoms with Gasteiger partial charge in [-0.2, -0.15) is 0 Å². The number of amides is 1. The molecule has 0 N–H and O–H groups in total. The molecule has 2 aromatic carbocycles. The largest absolute Gasteiger partial charge is 0.497 e. The third kappa shape index (κ3) is 5.88. The lowest BCUT2D eigenvalue weighted by Crippen LogP contribution is -2.34. The zero-order valence-electron chi connectivity index (χ0n) is 15.7. The van der Waals surface area contributed by atoms with Crippen LogP contribution >= 0.6 is 0 Å². The van der Waals surface area contributed by atoms with Gasteiger partial charge in [0.15, 0.2) is 6.61 Å². The number of likely N-dealkylation sites (N-methyl/N-ethyl adjacent to an activating group) is 1. The van der Waals surface area contributed by atoms with Gasteiger partial charge in [-0.05, 0) is 42.8 Å².